The second-order valence-corrected chi connectivity index (χ2v) is 5.64. The maximum Gasteiger partial charge on any atom is 0.162 e. The topological polar surface area (TPSA) is 26.3 Å². The maximum atomic E-state index is 11.9. The zero-order chi connectivity index (χ0) is 12.6. The molecule has 1 aliphatic heterocycles. The summed E-state index contributed by atoms with van der Waals surface area (Å²) in [5.41, 5.74) is 3.19. The molecule has 1 heterocycles. The number of carbonyl (C=O) groups is 1. The summed E-state index contributed by atoms with van der Waals surface area (Å²) in [5, 5.41) is 0. The first-order valence-corrected chi connectivity index (χ1v) is 6.27. The van der Waals surface area contributed by atoms with Gasteiger partial charge in [0.1, 0.15) is 5.75 Å². The van der Waals surface area contributed by atoms with Crippen LogP contribution in [0.4, 0.5) is 0 Å². The average Bonchev–Trinajstić information content (AvgIpc) is 2.72. The maximum absolute atomic E-state index is 11.9. The minimum absolute atomic E-state index is 0.0124. The molecule has 0 amide bonds. The first-order chi connectivity index (χ1) is 7.93. The standard InChI is InChI=1S/C15H20O2/c1-5-13(16)11-8-10-6-7-17-14(10)12(9-11)15(2,3)4/h8-9H,5-7H2,1-4H3. The molecule has 0 spiro atoms. The Morgan fingerprint density at radius 3 is 2.65 bits per heavy atom. The molecule has 2 heteroatoms. The zero-order valence-corrected chi connectivity index (χ0v) is 11.1. The minimum Gasteiger partial charge on any atom is -0.493 e. The van der Waals surface area contributed by atoms with E-state index in [0.717, 1.165) is 29.9 Å². The molecule has 0 aromatic heterocycles. The van der Waals surface area contributed by atoms with Gasteiger partial charge in [0.2, 0.25) is 0 Å². The molecule has 2 rings (SSSR count). The van der Waals surface area contributed by atoms with Gasteiger partial charge < -0.3 is 4.74 Å². The number of hydrogen-bond donors (Lipinski definition) is 0. The number of benzene rings is 1. The highest BCUT2D eigenvalue weighted by Gasteiger charge is 2.26. The Morgan fingerprint density at radius 1 is 1.35 bits per heavy atom. The van der Waals surface area contributed by atoms with E-state index in [2.05, 4.69) is 20.8 Å². The first kappa shape index (κ1) is 12.2. The molecule has 0 radical (unpaired) electrons. The van der Waals surface area contributed by atoms with Crippen molar-refractivity contribution in [2.75, 3.05) is 6.61 Å². The fourth-order valence-electron chi connectivity index (χ4n) is 2.23. The van der Waals surface area contributed by atoms with Gasteiger partial charge in [0.05, 0.1) is 6.61 Å². The molecule has 0 bridgehead atoms. The Labute approximate surface area is 103 Å². The van der Waals surface area contributed by atoms with Crippen LogP contribution in [0, 0.1) is 0 Å². The summed E-state index contributed by atoms with van der Waals surface area (Å²) >= 11 is 0. The van der Waals surface area contributed by atoms with E-state index in [9.17, 15) is 4.79 Å². The van der Waals surface area contributed by atoms with Crippen molar-refractivity contribution in [3.8, 4) is 5.75 Å². The predicted octanol–water partition coefficient (Wildman–Crippen LogP) is 3.51. The van der Waals surface area contributed by atoms with E-state index in [1.807, 2.05) is 19.1 Å². The van der Waals surface area contributed by atoms with Gasteiger partial charge in [-0.1, -0.05) is 27.7 Å². The molecule has 0 atom stereocenters. The summed E-state index contributed by atoms with van der Waals surface area (Å²) in [7, 11) is 0. The SMILES string of the molecule is CCC(=O)c1cc2c(c(C(C)(C)C)c1)OCC2. The van der Waals surface area contributed by atoms with Crippen molar-refractivity contribution in [3.63, 3.8) is 0 Å². The lowest BCUT2D eigenvalue weighted by Gasteiger charge is -2.22. The largest absolute Gasteiger partial charge is 0.493 e. The number of ether oxygens (including phenoxy) is 1. The third-order valence-corrected chi connectivity index (χ3v) is 3.23. The summed E-state index contributed by atoms with van der Waals surface area (Å²) in [6.45, 7) is 9.12. The van der Waals surface area contributed by atoms with Crippen LogP contribution >= 0.6 is 0 Å². The van der Waals surface area contributed by atoms with Crippen LogP contribution in [-0.2, 0) is 11.8 Å². The average molecular weight is 232 g/mol. The molecule has 92 valence electrons. The minimum atomic E-state index is 0.0124. The Balaban J connectivity index is 2.58. The lowest BCUT2D eigenvalue weighted by molar-refractivity contribution is 0.0988. The molecule has 0 N–H and O–H groups in total. The van der Waals surface area contributed by atoms with Crippen LogP contribution in [0.2, 0.25) is 0 Å². The van der Waals surface area contributed by atoms with Crippen LogP contribution in [-0.4, -0.2) is 12.4 Å². The number of carbonyl (C=O) groups excluding carboxylic acids is 1. The molecule has 17 heavy (non-hydrogen) atoms. The number of Topliss-reactive ketones (excluding diaryl/α,β-unsaturated/α-hetero) is 1. The van der Waals surface area contributed by atoms with E-state index in [1.54, 1.807) is 0 Å². The highest BCUT2D eigenvalue weighted by atomic mass is 16.5. The van der Waals surface area contributed by atoms with Gasteiger partial charge in [0, 0.05) is 24.0 Å². The highest BCUT2D eigenvalue weighted by molar-refractivity contribution is 5.96. The summed E-state index contributed by atoms with van der Waals surface area (Å²) in [6.07, 6.45) is 1.48. The van der Waals surface area contributed by atoms with Gasteiger partial charge >= 0.3 is 0 Å². The third-order valence-electron chi connectivity index (χ3n) is 3.23. The van der Waals surface area contributed by atoms with Crippen molar-refractivity contribution in [2.45, 2.75) is 46.0 Å². The van der Waals surface area contributed by atoms with Crippen LogP contribution < -0.4 is 4.74 Å². The second-order valence-electron chi connectivity index (χ2n) is 5.64. The van der Waals surface area contributed by atoms with Gasteiger partial charge in [-0.3, -0.25) is 4.79 Å². The Morgan fingerprint density at radius 2 is 2.06 bits per heavy atom. The summed E-state index contributed by atoms with van der Waals surface area (Å²) in [4.78, 5) is 11.9. The quantitative estimate of drug-likeness (QED) is 0.729. The number of ketones is 1. The van der Waals surface area contributed by atoms with Crippen molar-refractivity contribution < 1.29 is 9.53 Å². The molecule has 0 aliphatic carbocycles. The third kappa shape index (κ3) is 2.21. The van der Waals surface area contributed by atoms with Gasteiger partial charge in [-0.25, -0.2) is 0 Å². The first-order valence-electron chi connectivity index (χ1n) is 6.27. The van der Waals surface area contributed by atoms with Crippen LogP contribution in [0.15, 0.2) is 12.1 Å². The zero-order valence-electron chi connectivity index (χ0n) is 11.1. The highest BCUT2D eigenvalue weighted by Crippen LogP contribution is 2.38. The molecule has 1 aromatic rings. The molecule has 0 saturated carbocycles. The van der Waals surface area contributed by atoms with Crippen molar-refractivity contribution in [1.29, 1.82) is 0 Å². The van der Waals surface area contributed by atoms with E-state index >= 15 is 0 Å². The molecule has 1 aromatic carbocycles. The van der Waals surface area contributed by atoms with Gasteiger partial charge in [-0.05, 0) is 23.1 Å². The smallest absolute Gasteiger partial charge is 0.162 e. The molecule has 0 saturated heterocycles. The Bertz CT molecular complexity index is 453. The van der Waals surface area contributed by atoms with Crippen molar-refractivity contribution in [3.05, 3.63) is 28.8 Å². The molecule has 2 nitrogen and oxygen atoms in total. The van der Waals surface area contributed by atoms with Gasteiger partial charge in [0.25, 0.3) is 0 Å². The number of rotatable bonds is 2. The fraction of sp³-hybridized carbons (Fsp3) is 0.533. The van der Waals surface area contributed by atoms with Gasteiger partial charge in [0.15, 0.2) is 5.78 Å². The van der Waals surface area contributed by atoms with Crippen LogP contribution in [0.5, 0.6) is 5.75 Å². The lowest BCUT2D eigenvalue weighted by atomic mass is 9.83. The lowest BCUT2D eigenvalue weighted by Crippen LogP contribution is -2.14. The molecule has 0 fully saturated rings. The van der Waals surface area contributed by atoms with E-state index < -0.39 is 0 Å². The summed E-state index contributed by atoms with van der Waals surface area (Å²) in [6, 6.07) is 4.01. The molecule has 0 unspecified atom stereocenters. The molecular formula is C15H20O2. The van der Waals surface area contributed by atoms with E-state index in [1.165, 1.54) is 5.56 Å². The van der Waals surface area contributed by atoms with Gasteiger partial charge in [-0.2, -0.15) is 0 Å². The van der Waals surface area contributed by atoms with Gasteiger partial charge in [-0.15, -0.1) is 0 Å². The second kappa shape index (κ2) is 4.17. The predicted molar refractivity (Wildman–Crippen MR) is 69.0 cm³/mol. The summed E-state index contributed by atoms with van der Waals surface area (Å²) in [5.74, 6) is 1.22. The molecule has 1 aliphatic rings. The van der Waals surface area contributed by atoms with E-state index in [4.69, 9.17) is 4.74 Å². The van der Waals surface area contributed by atoms with E-state index in [-0.39, 0.29) is 11.2 Å². The van der Waals surface area contributed by atoms with Crippen molar-refractivity contribution >= 4 is 5.78 Å². The number of hydrogen-bond acceptors (Lipinski definition) is 2. The van der Waals surface area contributed by atoms with Crippen LogP contribution in [0.25, 0.3) is 0 Å². The molecular weight excluding hydrogens is 212 g/mol. The van der Waals surface area contributed by atoms with Crippen LogP contribution in [0.3, 0.4) is 0 Å². The van der Waals surface area contributed by atoms with Crippen molar-refractivity contribution in [2.24, 2.45) is 0 Å². The normalized spacial score (nSPS) is 14.4. The monoisotopic (exact) mass is 232 g/mol. The number of fused-ring (bicyclic) bond motifs is 1. The Hall–Kier alpha value is -1.31. The van der Waals surface area contributed by atoms with Crippen molar-refractivity contribution in [1.82, 2.24) is 0 Å². The summed E-state index contributed by atoms with van der Waals surface area (Å²) < 4.78 is 5.71. The fourth-order valence-corrected chi connectivity index (χ4v) is 2.23. The Kier molecular flexibility index (Phi) is 2.98. The van der Waals surface area contributed by atoms with E-state index in [0.29, 0.717) is 6.42 Å². The van der Waals surface area contributed by atoms with Crippen LogP contribution in [0.1, 0.15) is 55.6 Å².